The molecule has 2 rings (SSSR count). The molecule has 100 valence electrons. The Morgan fingerprint density at radius 3 is 2.95 bits per heavy atom. The zero-order valence-electron chi connectivity index (χ0n) is 10.8. The van der Waals surface area contributed by atoms with Crippen molar-refractivity contribution in [3.05, 3.63) is 41.6 Å². The first kappa shape index (κ1) is 13.4. The van der Waals surface area contributed by atoms with E-state index in [4.69, 9.17) is 21.1 Å². The maximum Gasteiger partial charge on any atom is 0.336 e. The molecular formula is C13H14ClN3O2. The molecule has 6 heteroatoms. The minimum atomic E-state index is 0.218. The molecule has 2 aromatic rings. The van der Waals surface area contributed by atoms with Crippen molar-refractivity contribution in [2.24, 2.45) is 7.05 Å². The lowest BCUT2D eigenvalue weighted by atomic mass is 10.2. The topological polar surface area (TPSA) is 49.2 Å². The second kappa shape index (κ2) is 5.75. The largest absolute Gasteiger partial charge is 0.498 e. The SMILES string of the molecule is C=C(COc1nc(-c2cccc(Cl)c2)n(C)n1)OC. The molecule has 0 aliphatic heterocycles. The van der Waals surface area contributed by atoms with Gasteiger partial charge >= 0.3 is 6.01 Å². The molecule has 19 heavy (non-hydrogen) atoms. The van der Waals surface area contributed by atoms with Gasteiger partial charge in [0.05, 0.1) is 7.11 Å². The average Bonchev–Trinajstić information content (AvgIpc) is 2.77. The third kappa shape index (κ3) is 3.26. The van der Waals surface area contributed by atoms with E-state index in [0.717, 1.165) is 5.56 Å². The van der Waals surface area contributed by atoms with Gasteiger partial charge in [-0.25, -0.2) is 4.68 Å². The molecule has 0 unspecified atom stereocenters. The fourth-order valence-corrected chi connectivity index (χ4v) is 1.70. The molecule has 1 heterocycles. The van der Waals surface area contributed by atoms with Crippen LogP contribution in [0, 0.1) is 0 Å². The van der Waals surface area contributed by atoms with Crippen molar-refractivity contribution < 1.29 is 9.47 Å². The Balaban J connectivity index is 2.19. The Bertz CT molecular complexity index is 595. The highest BCUT2D eigenvalue weighted by molar-refractivity contribution is 6.30. The van der Waals surface area contributed by atoms with Crippen LogP contribution in [0.5, 0.6) is 6.01 Å². The van der Waals surface area contributed by atoms with Gasteiger partial charge in [-0.05, 0) is 12.1 Å². The first-order valence-electron chi connectivity index (χ1n) is 5.61. The van der Waals surface area contributed by atoms with E-state index in [1.165, 1.54) is 7.11 Å². The summed E-state index contributed by atoms with van der Waals surface area (Å²) in [6.45, 7) is 3.88. The molecule has 0 saturated heterocycles. The maximum absolute atomic E-state index is 5.96. The van der Waals surface area contributed by atoms with Crippen LogP contribution in [0.25, 0.3) is 11.4 Å². The monoisotopic (exact) mass is 279 g/mol. The van der Waals surface area contributed by atoms with Gasteiger partial charge in [0.2, 0.25) is 0 Å². The number of ether oxygens (including phenoxy) is 2. The molecule has 5 nitrogen and oxygen atoms in total. The van der Waals surface area contributed by atoms with Gasteiger partial charge in [0.1, 0.15) is 12.4 Å². The summed E-state index contributed by atoms with van der Waals surface area (Å²) in [6.07, 6.45) is 0. The van der Waals surface area contributed by atoms with E-state index >= 15 is 0 Å². The summed E-state index contributed by atoms with van der Waals surface area (Å²) in [5, 5.41) is 4.82. The van der Waals surface area contributed by atoms with Crippen molar-refractivity contribution >= 4 is 11.6 Å². The molecule has 0 radical (unpaired) electrons. The van der Waals surface area contributed by atoms with Crippen molar-refractivity contribution in [1.82, 2.24) is 14.8 Å². The highest BCUT2D eigenvalue weighted by Gasteiger charge is 2.11. The molecular weight excluding hydrogens is 266 g/mol. The fraction of sp³-hybridized carbons (Fsp3) is 0.231. The Kier molecular flexibility index (Phi) is 4.06. The van der Waals surface area contributed by atoms with Crippen LogP contribution >= 0.6 is 11.6 Å². The van der Waals surface area contributed by atoms with Crippen LogP contribution in [0.2, 0.25) is 5.02 Å². The summed E-state index contributed by atoms with van der Waals surface area (Å²) in [7, 11) is 3.33. The molecule has 0 fully saturated rings. The first-order valence-corrected chi connectivity index (χ1v) is 5.99. The van der Waals surface area contributed by atoms with Gasteiger partial charge in [0, 0.05) is 17.6 Å². The van der Waals surface area contributed by atoms with Crippen molar-refractivity contribution in [2.45, 2.75) is 0 Å². The van der Waals surface area contributed by atoms with Crippen LogP contribution in [0.3, 0.4) is 0 Å². The lowest BCUT2D eigenvalue weighted by molar-refractivity contribution is 0.212. The van der Waals surface area contributed by atoms with Gasteiger partial charge < -0.3 is 9.47 Å². The Morgan fingerprint density at radius 2 is 2.26 bits per heavy atom. The quantitative estimate of drug-likeness (QED) is 0.790. The minimum absolute atomic E-state index is 0.218. The van der Waals surface area contributed by atoms with E-state index in [0.29, 0.717) is 16.6 Å². The van der Waals surface area contributed by atoms with Crippen LogP contribution in [0.15, 0.2) is 36.6 Å². The number of hydrogen-bond donors (Lipinski definition) is 0. The Hall–Kier alpha value is -2.01. The van der Waals surface area contributed by atoms with E-state index in [9.17, 15) is 0 Å². The maximum atomic E-state index is 5.96. The molecule has 1 aromatic carbocycles. The number of aryl methyl sites for hydroxylation is 1. The highest BCUT2D eigenvalue weighted by atomic mass is 35.5. The molecule has 0 atom stereocenters. The standard InChI is InChI=1S/C13H14ClN3O2/c1-9(18-3)8-19-13-15-12(17(2)16-13)10-5-4-6-11(14)7-10/h4-7H,1,8H2,2-3H3. The van der Waals surface area contributed by atoms with Crippen molar-refractivity contribution in [1.29, 1.82) is 0 Å². The predicted octanol–water partition coefficient (Wildman–Crippen LogP) is 2.67. The van der Waals surface area contributed by atoms with Crippen LogP contribution in [0.4, 0.5) is 0 Å². The minimum Gasteiger partial charge on any atom is -0.498 e. The zero-order valence-corrected chi connectivity index (χ0v) is 11.5. The zero-order chi connectivity index (χ0) is 13.8. The molecule has 0 aliphatic carbocycles. The van der Waals surface area contributed by atoms with E-state index in [-0.39, 0.29) is 12.6 Å². The molecule has 0 N–H and O–H groups in total. The van der Waals surface area contributed by atoms with Crippen LogP contribution < -0.4 is 4.74 Å². The highest BCUT2D eigenvalue weighted by Crippen LogP contribution is 2.22. The van der Waals surface area contributed by atoms with Crippen molar-refractivity contribution in [3.8, 4) is 17.4 Å². The second-order valence-electron chi connectivity index (χ2n) is 3.88. The van der Waals surface area contributed by atoms with E-state index in [1.54, 1.807) is 17.8 Å². The number of aromatic nitrogens is 3. The van der Waals surface area contributed by atoms with Crippen LogP contribution in [-0.4, -0.2) is 28.5 Å². The fourth-order valence-electron chi connectivity index (χ4n) is 1.51. The number of halogens is 1. The van der Waals surface area contributed by atoms with E-state index in [2.05, 4.69) is 16.7 Å². The third-order valence-electron chi connectivity index (χ3n) is 2.48. The number of benzene rings is 1. The second-order valence-corrected chi connectivity index (χ2v) is 4.32. The third-order valence-corrected chi connectivity index (χ3v) is 2.71. The van der Waals surface area contributed by atoms with Crippen LogP contribution in [-0.2, 0) is 11.8 Å². The summed E-state index contributed by atoms with van der Waals surface area (Å²) < 4.78 is 11.9. The molecule has 0 saturated carbocycles. The smallest absolute Gasteiger partial charge is 0.336 e. The summed E-state index contributed by atoms with van der Waals surface area (Å²) in [5.41, 5.74) is 0.878. The summed E-state index contributed by atoms with van der Waals surface area (Å²) >= 11 is 5.96. The molecule has 1 aromatic heterocycles. The van der Waals surface area contributed by atoms with E-state index < -0.39 is 0 Å². The van der Waals surface area contributed by atoms with E-state index in [1.807, 2.05) is 18.2 Å². The lowest BCUT2D eigenvalue weighted by Gasteiger charge is -2.02. The van der Waals surface area contributed by atoms with Gasteiger partial charge in [-0.2, -0.15) is 4.98 Å². The summed E-state index contributed by atoms with van der Waals surface area (Å²) in [6, 6.07) is 7.67. The van der Waals surface area contributed by atoms with Gasteiger partial charge in [0.25, 0.3) is 0 Å². The molecule has 0 aliphatic rings. The summed E-state index contributed by atoms with van der Waals surface area (Å²) in [5.74, 6) is 1.19. The van der Waals surface area contributed by atoms with Gasteiger partial charge in [-0.3, -0.25) is 0 Å². The number of rotatable bonds is 5. The van der Waals surface area contributed by atoms with Gasteiger partial charge in [-0.1, -0.05) is 30.3 Å². The van der Waals surface area contributed by atoms with Gasteiger partial charge in [-0.15, -0.1) is 5.10 Å². The number of hydrogen-bond acceptors (Lipinski definition) is 4. The van der Waals surface area contributed by atoms with Crippen LogP contribution in [0.1, 0.15) is 0 Å². The number of methoxy groups -OCH3 is 1. The molecule has 0 bridgehead atoms. The summed E-state index contributed by atoms with van der Waals surface area (Å²) in [4.78, 5) is 4.30. The number of nitrogens with zero attached hydrogens (tertiary/aromatic N) is 3. The normalized spacial score (nSPS) is 10.3. The lowest BCUT2D eigenvalue weighted by Crippen LogP contribution is -2.03. The molecule has 0 spiro atoms. The Morgan fingerprint density at radius 1 is 1.47 bits per heavy atom. The average molecular weight is 280 g/mol. The van der Waals surface area contributed by atoms with Crippen molar-refractivity contribution in [2.75, 3.05) is 13.7 Å². The Labute approximate surface area is 116 Å². The predicted molar refractivity (Wildman–Crippen MR) is 73.1 cm³/mol. The first-order chi connectivity index (χ1) is 9.10. The van der Waals surface area contributed by atoms with Crippen molar-refractivity contribution in [3.63, 3.8) is 0 Å². The molecule has 0 amide bonds. The van der Waals surface area contributed by atoms with Gasteiger partial charge in [0.15, 0.2) is 5.82 Å².